The first-order valence-corrected chi connectivity index (χ1v) is 8.97. The number of nitrogens with zero attached hydrogens (tertiary/aromatic N) is 1. The van der Waals surface area contributed by atoms with Crippen molar-refractivity contribution in [2.75, 3.05) is 11.9 Å². The van der Waals surface area contributed by atoms with Crippen molar-refractivity contribution in [1.29, 1.82) is 0 Å². The zero-order valence-corrected chi connectivity index (χ0v) is 15.6. The van der Waals surface area contributed by atoms with E-state index in [4.69, 9.17) is 10.8 Å². The predicted molar refractivity (Wildman–Crippen MR) is 105 cm³/mol. The number of anilines is 1. The number of hydrogen-bond donors (Lipinski definition) is 2. The monoisotopic (exact) mass is 379 g/mol. The van der Waals surface area contributed by atoms with Crippen molar-refractivity contribution in [2.24, 2.45) is 0 Å². The van der Waals surface area contributed by atoms with E-state index in [1.54, 1.807) is 31.2 Å². The second-order valence-corrected chi connectivity index (χ2v) is 6.73. The smallest absolute Gasteiger partial charge is 0.267 e. The van der Waals surface area contributed by atoms with Crippen LogP contribution in [0.3, 0.4) is 0 Å². The number of hydrogen-bond acceptors (Lipinski definition) is 5. The van der Waals surface area contributed by atoms with Crippen LogP contribution in [0.25, 0.3) is 10.8 Å². The molecule has 0 spiro atoms. The van der Waals surface area contributed by atoms with Gasteiger partial charge in [-0.25, -0.2) is 4.98 Å². The minimum atomic E-state index is -0.350. The van der Waals surface area contributed by atoms with Crippen LogP contribution in [0.2, 0.25) is 0 Å². The van der Waals surface area contributed by atoms with Crippen LogP contribution in [0.1, 0.15) is 31.5 Å². The van der Waals surface area contributed by atoms with E-state index in [2.05, 4.69) is 21.5 Å². The molecule has 0 saturated heterocycles. The largest absolute Gasteiger partial charge is 0.459 e. The highest BCUT2D eigenvalue weighted by atomic mass is 32.1. The number of thiazole rings is 1. The molecule has 0 saturated carbocycles. The Morgan fingerprint density at radius 2 is 1.96 bits per heavy atom. The number of nitrogens with one attached hydrogen (secondary N) is 2. The average Bonchev–Trinajstić information content (AvgIpc) is 3.25. The molecule has 0 fully saturated rings. The molecule has 136 valence electrons. The van der Waals surface area contributed by atoms with E-state index in [-0.39, 0.29) is 18.4 Å². The normalized spacial score (nSPS) is 10.3. The number of benzene rings is 1. The van der Waals surface area contributed by atoms with E-state index in [1.165, 1.54) is 11.3 Å². The zero-order valence-electron chi connectivity index (χ0n) is 14.8. The van der Waals surface area contributed by atoms with Crippen LogP contribution in [-0.4, -0.2) is 23.3 Å². The van der Waals surface area contributed by atoms with E-state index in [9.17, 15) is 9.59 Å². The van der Waals surface area contributed by atoms with Gasteiger partial charge in [0.1, 0.15) is 10.6 Å². The van der Waals surface area contributed by atoms with Gasteiger partial charge < -0.3 is 15.1 Å². The Hall–Kier alpha value is -3.37. The van der Waals surface area contributed by atoms with E-state index in [0.29, 0.717) is 32.6 Å². The third-order valence-corrected chi connectivity index (χ3v) is 4.90. The molecule has 0 atom stereocenters. The number of carbonyl (C=O) groups excluding carboxylic acids is 2. The molecule has 2 aromatic heterocycles. The van der Waals surface area contributed by atoms with Gasteiger partial charge >= 0.3 is 0 Å². The lowest BCUT2D eigenvalue weighted by Crippen LogP contribution is -2.25. The fourth-order valence-electron chi connectivity index (χ4n) is 2.46. The maximum absolute atomic E-state index is 12.7. The van der Waals surface area contributed by atoms with Crippen LogP contribution >= 0.6 is 11.3 Å². The third kappa shape index (κ3) is 4.07. The number of rotatable bonds is 5. The number of furan rings is 1. The first-order chi connectivity index (χ1) is 13.0. The fourth-order valence-corrected chi connectivity index (χ4v) is 3.38. The number of para-hydroxylation sites is 1. The molecule has 0 aliphatic rings. The predicted octanol–water partition coefficient (Wildman–Crippen LogP) is 3.64. The van der Waals surface area contributed by atoms with Crippen molar-refractivity contribution in [3.05, 3.63) is 58.3 Å². The lowest BCUT2D eigenvalue weighted by molar-refractivity contribution is 0.0959. The van der Waals surface area contributed by atoms with Gasteiger partial charge in [-0.15, -0.1) is 17.8 Å². The summed E-state index contributed by atoms with van der Waals surface area (Å²) in [4.78, 5) is 29.8. The Bertz CT molecular complexity index is 1040. The molecule has 3 aromatic rings. The minimum absolute atomic E-state index is 0.112. The number of amides is 2. The summed E-state index contributed by atoms with van der Waals surface area (Å²) in [7, 11) is 0. The summed E-state index contributed by atoms with van der Waals surface area (Å²) in [6.45, 7) is 3.72. The standard InChI is InChI=1S/C20H17N3O3S/c1-4-11-21-18(24)14-7-5-6-8-15(14)23-19(25)17-13(3)22-20(27-17)16-10-9-12(2)26-16/h1,5-10H,11H2,2-3H3,(H,21,24)(H,23,25). The van der Waals surface area contributed by atoms with Gasteiger partial charge in [0.2, 0.25) is 0 Å². The molecule has 0 aliphatic heterocycles. The molecule has 0 aliphatic carbocycles. The van der Waals surface area contributed by atoms with Gasteiger partial charge in [0, 0.05) is 0 Å². The summed E-state index contributed by atoms with van der Waals surface area (Å²) < 4.78 is 5.57. The Balaban J connectivity index is 1.84. The van der Waals surface area contributed by atoms with Gasteiger partial charge in [-0.1, -0.05) is 18.1 Å². The van der Waals surface area contributed by atoms with Gasteiger partial charge in [0.15, 0.2) is 10.8 Å². The maximum atomic E-state index is 12.7. The van der Waals surface area contributed by atoms with Gasteiger partial charge in [-0.2, -0.15) is 0 Å². The lowest BCUT2D eigenvalue weighted by Gasteiger charge is -2.10. The molecule has 0 bridgehead atoms. The number of carbonyl (C=O) groups is 2. The third-order valence-electron chi connectivity index (χ3n) is 3.72. The summed E-state index contributed by atoms with van der Waals surface area (Å²) in [6.07, 6.45) is 5.17. The average molecular weight is 379 g/mol. The zero-order chi connectivity index (χ0) is 19.4. The van der Waals surface area contributed by atoms with Gasteiger partial charge in [0.05, 0.1) is 23.5 Å². The van der Waals surface area contributed by atoms with Crippen LogP contribution in [-0.2, 0) is 0 Å². The molecular weight excluding hydrogens is 362 g/mol. The van der Waals surface area contributed by atoms with Crippen molar-refractivity contribution < 1.29 is 14.0 Å². The van der Waals surface area contributed by atoms with Gasteiger partial charge in [-0.05, 0) is 38.1 Å². The van der Waals surface area contributed by atoms with Gasteiger partial charge in [-0.3, -0.25) is 9.59 Å². The van der Waals surface area contributed by atoms with Crippen LogP contribution in [0.15, 0.2) is 40.8 Å². The van der Waals surface area contributed by atoms with Gasteiger partial charge in [0.25, 0.3) is 11.8 Å². The first-order valence-electron chi connectivity index (χ1n) is 8.16. The summed E-state index contributed by atoms with van der Waals surface area (Å²) in [6, 6.07) is 10.4. The molecule has 0 unspecified atom stereocenters. The fraction of sp³-hybridized carbons (Fsp3) is 0.150. The number of aromatic nitrogens is 1. The maximum Gasteiger partial charge on any atom is 0.267 e. The minimum Gasteiger partial charge on any atom is -0.459 e. The summed E-state index contributed by atoms with van der Waals surface area (Å²) in [5.41, 5.74) is 1.33. The Labute approximate surface area is 160 Å². The SMILES string of the molecule is C#CCNC(=O)c1ccccc1NC(=O)c1sc(-c2ccc(C)o2)nc1C. The van der Waals surface area contributed by atoms with Crippen molar-refractivity contribution in [1.82, 2.24) is 10.3 Å². The second kappa shape index (κ2) is 7.89. The molecule has 2 N–H and O–H groups in total. The van der Waals surface area contributed by atoms with Crippen LogP contribution in [0, 0.1) is 26.2 Å². The van der Waals surface area contributed by atoms with Crippen molar-refractivity contribution in [3.8, 4) is 23.1 Å². The summed E-state index contributed by atoms with van der Waals surface area (Å²) in [5, 5.41) is 6.01. The quantitative estimate of drug-likeness (QED) is 0.663. The number of terminal acetylenes is 1. The molecule has 27 heavy (non-hydrogen) atoms. The van der Waals surface area contributed by atoms with Crippen molar-refractivity contribution >= 4 is 28.8 Å². The Morgan fingerprint density at radius 3 is 2.67 bits per heavy atom. The van der Waals surface area contributed by atoms with Crippen LogP contribution in [0.5, 0.6) is 0 Å². The molecule has 2 heterocycles. The van der Waals surface area contributed by atoms with E-state index in [1.807, 2.05) is 19.1 Å². The lowest BCUT2D eigenvalue weighted by atomic mass is 10.1. The Kier molecular flexibility index (Phi) is 5.38. The highest BCUT2D eigenvalue weighted by molar-refractivity contribution is 7.17. The van der Waals surface area contributed by atoms with E-state index in [0.717, 1.165) is 5.76 Å². The molecule has 3 rings (SSSR count). The van der Waals surface area contributed by atoms with Crippen molar-refractivity contribution in [3.63, 3.8) is 0 Å². The summed E-state index contributed by atoms with van der Waals surface area (Å²) >= 11 is 1.24. The number of aryl methyl sites for hydroxylation is 2. The molecule has 1 aromatic carbocycles. The molecule has 7 heteroatoms. The van der Waals surface area contributed by atoms with Crippen LogP contribution in [0.4, 0.5) is 5.69 Å². The highest BCUT2D eigenvalue weighted by Crippen LogP contribution is 2.30. The Morgan fingerprint density at radius 1 is 1.19 bits per heavy atom. The first kappa shape index (κ1) is 18.4. The molecule has 2 amide bonds. The summed E-state index contributed by atoms with van der Waals surface area (Å²) in [5.74, 6) is 3.05. The topological polar surface area (TPSA) is 84.2 Å². The van der Waals surface area contributed by atoms with Crippen LogP contribution < -0.4 is 10.6 Å². The highest BCUT2D eigenvalue weighted by Gasteiger charge is 2.20. The second-order valence-electron chi connectivity index (χ2n) is 5.73. The molecule has 6 nitrogen and oxygen atoms in total. The molecular formula is C20H17N3O3S. The van der Waals surface area contributed by atoms with E-state index >= 15 is 0 Å². The van der Waals surface area contributed by atoms with Crippen molar-refractivity contribution in [2.45, 2.75) is 13.8 Å². The molecule has 0 radical (unpaired) electrons. The van der Waals surface area contributed by atoms with E-state index < -0.39 is 0 Å².